The summed E-state index contributed by atoms with van der Waals surface area (Å²) in [7, 11) is 3.99. The zero-order valence-corrected chi connectivity index (χ0v) is 10.9. The molecule has 0 saturated heterocycles. The number of hydrogen-bond donors (Lipinski definition) is 0. The summed E-state index contributed by atoms with van der Waals surface area (Å²) in [5, 5.41) is 0. The van der Waals surface area contributed by atoms with Gasteiger partial charge in [0.25, 0.3) is 5.88 Å². The highest BCUT2D eigenvalue weighted by atomic mass is 16.5. The second-order valence-corrected chi connectivity index (χ2v) is 4.84. The molecule has 1 aliphatic rings. The summed E-state index contributed by atoms with van der Waals surface area (Å²) in [4.78, 5) is 6.29. The summed E-state index contributed by atoms with van der Waals surface area (Å²) in [6.07, 6.45) is 4.45. The Labute approximate surface area is 103 Å². The Kier molecular flexibility index (Phi) is 3.41. The first-order chi connectivity index (χ1) is 8.08. The summed E-state index contributed by atoms with van der Waals surface area (Å²) in [5.41, 5.74) is 1.02. The molecule has 0 N–H and O–H groups in total. The summed E-state index contributed by atoms with van der Waals surface area (Å²) in [6, 6.07) is 1.95. The quantitative estimate of drug-likeness (QED) is 0.786. The van der Waals surface area contributed by atoms with Crippen molar-refractivity contribution in [3.63, 3.8) is 0 Å². The molecule has 94 valence electrons. The maximum Gasteiger partial charge on any atom is 0.259 e. The molecule has 17 heavy (non-hydrogen) atoms. The molecule has 2 rings (SSSR count). The van der Waals surface area contributed by atoms with Gasteiger partial charge in [-0.3, -0.25) is 0 Å². The van der Waals surface area contributed by atoms with Gasteiger partial charge in [-0.15, -0.1) is 0 Å². The van der Waals surface area contributed by atoms with E-state index in [2.05, 4.69) is 4.98 Å². The highest BCUT2D eigenvalue weighted by Gasteiger charge is 2.27. The van der Waals surface area contributed by atoms with Crippen molar-refractivity contribution in [1.29, 1.82) is 0 Å². The number of pyridine rings is 1. The van der Waals surface area contributed by atoms with Gasteiger partial charge in [0.2, 0.25) is 5.75 Å². The number of nitrogens with zero attached hydrogens (tertiary/aromatic N) is 2. The van der Waals surface area contributed by atoms with E-state index in [-0.39, 0.29) is 6.10 Å². The predicted octanol–water partition coefficient (Wildman–Crippen LogP) is 2.48. The summed E-state index contributed by atoms with van der Waals surface area (Å²) in [6.45, 7) is 3.98. The first-order valence-electron chi connectivity index (χ1n) is 6.07. The Hall–Kier alpha value is -1.45. The van der Waals surface area contributed by atoms with E-state index in [4.69, 9.17) is 9.47 Å². The highest BCUT2D eigenvalue weighted by Crippen LogP contribution is 2.39. The maximum absolute atomic E-state index is 5.92. The largest absolute Gasteiger partial charge is 0.483 e. The molecular weight excluding hydrogens is 216 g/mol. The summed E-state index contributed by atoms with van der Waals surface area (Å²) < 4.78 is 11.6. The molecule has 0 amide bonds. The number of anilines is 1. The van der Waals surface area contributed by atoms with E-state index >= 15 is 0 Å². The smallest absolute Gasteiger partial charge is 0.259 e. The first-order valence-corrected chi connectivity index (χ1v) is 6.07. The van der Waals surface area contributed by atoms with Gasteiger partial charge in [-0.1, -0.05) is 0 Å². The van der Waals surface area contributed by atoms with E-state index in [9.17, 15) is 0 Å². The summed E-state index contributed by atoms with van der Waals surface area (Å²) in [5.74, 6) is 1.37. The van der Waals surface area contributed by atoms with Crippen LogP contribution in [0.25, 0.3) is 0 Å². The Morgan fingerprint density at radius 1 is 1.35 bits per heavy atom. The molecule has 0 spiro atoms. The van der Waals surface area contributed by atoms with E-state index in [1.165, 1.54) is 0 Å². The molecule has 4 heteroatoms. The molecule has 4 nitrogen and oxygen atoms in total. The monoisotopic (exact) mass is 236 g/mol. The fourth-order valence-corrected chi connectivity index (χ4v) is 1.54. The second-order valence-electron chi connectivity index (χ2n) is 4.84. The fourth-order valence-electron chi connectivity index (χ4n) is 1.54. The number of ether oxygens (including phenoxy) is 2. The predicted molar refractivity (Wildman–Crippen MR) is 68.0 cm³/mol. The first kappa shape index (κ1) is 12.0. The van der Waals surface area contributed by atoms with Crippen LogP contribution in [0.15, 0.2) is 12.3 Å². The van der Waals surface area contributed by atoms with Gasteiger partial charge in [-0.05, 0) is 32.8 Å². The molecular formula is C13H20N2O2. The van der Waals surface area contributed by atoms with Gasteiger partial charge in [-0.25, -0.2) is 4.98 Å². The Balaban J connectivity index is 2.31. The zero-order valence-electron chi connectivity index (χ0n) is 10.9. The van der Waals surface area contributed by atoms with Crippen molar-refractivity contribution < 1.29 is 9.47 Å². The van der Waals surface area contributed by atoms with Gasteiger partial charge in [-0.2, -0.15) is 0 Å². The van der Waals surface area contributed by atoms with E-state index in [0.717, 1.165) is 24.3 Å². The Morgan fingerprint density at radius 2 is 2.06 bits per heavy atom. The molecule has 1 fully saturated rings. The lowest BCUT2D eigenvalue weighted by atomic mass is 10.3. The van der Waals surface area contributed by atoms with Crippen LogP contribution < -0.4 is 14.4 Å². The molecule has 0 aliphatic heterocycles. The van der Waals surface area contributed by atoms with Crippen LogP contribution in [0.1, 0.15) is 26.7 Å². The lowest BCUT2D eigenvalue weighted by Crippen LogP contribution is -2.14. The molecule has 1 aromatic heterocycles. The highest BCUT2D eigenvalue weighted by molar-refractivity contribution is 5.61. The standard InChI is InChI=1S/C13H20N2O2/c1-9(2)16-13-12(17-10-5-6-10)11(15(3)4)7-8-14-13/h7-10H,5-6H2,1-4H3. The minimum atomic E-state index is 0.0986. The van der Waals surface area contributed by atoms with Crippen molar-refractivity contribution in [2.75, 3.05) is 19.0 Å². The normalized spacial score (nSPS) is 14.9. The van der Waals surface area contributed by atoms with Gasteiger partial charge in [0, 0.05) is 20.3 Å². The lowest BCUT2D eigenvalue weighted by Gasteiger charge is -2.20. The summed E-state index contributed by atoms with van der Waals surface area (Å²) >= 11 is 0. The molecule has 0 atom stereocenters. The van der Waals surface area contributed by atoms with Gasteiger partial charge in [0.1, 0.15) is 0 Å². The van der Waals surface area contributed by atoms with Crippen LogP contribution in [-0.4, -0.2) is 31.3 Å². The van der Waals surface area contributed by atoms with Crippen molar-refractivity contribution in [2.45, 2.75) is 38.9 Å². The van der Waals surface area contributed by atoms with Crippen LogP contribution in [0.4, 0.5) is 5.69 Å². The average Bonchev–Trinajstić information content (AvgIpc) is 3.03. The van der Waals surface area contributed by atoms with Crippen molar-refractivity contribution in [1.82, 2.24) is 4.98 Å². The van der Waals surface area contributed by atoms with Crippen LogP contribution in [0.2, 0.25) is 0 Å². The average molecular weight is 236 g/mol. The maximum atomic E-state index is 5.92. The van der Waals surface area contributed by atoms with Crippen LogP contribution >= 0.6 is 0 Å². The Bertz CT molecular complexity index is 387. The van der Waals surface area contributed by atoms with Crippen LogP contribution in [0.3, 0.4) is 0 Å². The molecule has 0 radical (unpaired) electrons. The molecule has 0 unspecified atom stereocenters. The van der Waals surface area contributed by atoms with Gasteiger partial charge in [0.05, 0.1) is 17.9 Å². The molecule has 1 aliphatic carbocycles. The van der Waals surface area contributed by atoms with E-state index in [1.807, 2.05) is 38.9 Å². The SMILES string of the molecule is CC(C)Oc1nccc(N(C)C)c1OC1CC1. The third-order valence-electron chi connectivity index (χ3n) is 2.49. The van der Waals surface area contributed by atoms with Gasteiger partial charge >= 0.3 is 0 Å². The van der Waals surface area contributed by atoms with Crippen molar-refractivity contribution in [3.05, 3.63) is 12.3 Å². The molecule has 1 saturated carbocycles. The molecule has 0 aromatic carbocycles. The van der Waals surface area contributed by atoms with Crippen LogP contribution in [0, 0.1) is 0 Å². The van der Waals surface area contributed by atoms with Gasteiger partial charge < -0.3 is 14.4 Å². The van der Waals surface area contributed by atoms with Crippen LogP contribution in [-0.2, 0) is 0 Å². The van der Waals surface area contributed by atoms with Crippen molar-refractivity contribution in [3.8, 4) is 11.6 Å². The van der Waals surface area contributed by atoms with Crippen molar-refractivity contribution in [2.24, 2.45) is 0 Å². The Morgan fingerprint density at radius 3 is 2.59 bits per heavy atom. The van der Waals surface area contributed by atoms with Crippen molar-refractivity contribution >= 4 is 5.69 Å². The zero-order chi connectivity index (χ0) is 12.4. The number of aromatic nitrogens is 1. The van der Waals surface area contributed by atoms with Gasteiger partial charge in [0.15, 0.2) is 0 Å². The third kappa shape index (κ3) is 3.02. The third-order valence-corrected chi connectivity index (χ3v) is 2.49. The molecule has 1 aromatic rings. The van der Waals surface area contributed by atoms with E-state index < -0.39 is 0 Å². The number of rotatable bonds is 5. The second kappa shape index (κ2) is 4.82. The van der Waals surface area contributed by atoms with Crippen LogP contribution in [0.5, 0.6) is 11.6 Å². The number of hydrogen-bond acceptors (Lipinski definition) is 4. The molecule has 0 bridgehead atoms. The van der Waals surface area contributed by atoms with E-state index in [1.54, 1.807) is 6.20 Å². The minimum Gasteiger partial charge on any atom is -0.483 e. The van der Waals surface area contributed by atoms with E-state index in [0.29, 0.717) is 12.0 Å². The molecule has 1 heterocycles. The fraction of sp³-hybridized carbons (Fsp3) is 0.615. The lowest BCUT2D eigenvalue weighted by molar-refractivity contribution is 0.209. The topological polar surface area (TPSA) is 34.6 Å². The minimum absolute atomic E-state index is 0.0986.